The average molecular weight is 284 g/mol. The predicted molar refractivity (Wildman–Crippen MR) is 73.8 cm³/mol. The summed E-state index contributed by atoms with van der Waals surface area (Å²) in [5.74, 6) is 0.331. The summed E-state index contributed by atoms with van der Waals surface area (Å²) in [5.41, 5.74) is -0.241. The lowest BCUT2D eigenvalue weighted by Crippen LogP contribution is -2.63. The molecule has 1 N–H and O–H groups in total. The minimum atomic E-state index is -0.718. The van der Waals surface area contributed by atoms with Gasteiger partial charge in [0.15, 0.2) is 0 Å². The summed E-state index contributed by atoms with van der Waals surface area (Å²) in [6.45, 7) is 2.78. The third-order valence-corrected chi connectivity index (χ3v) is 3.60. The van der Waals surface area contributed by atoms with Gasteiger partial charge in [-0.1, -0.05) is 24.9 Å². The van der Waals surface area contributed by atoms with E-state index in [1.165, 1.54) is 7.11 Å². The second-order valence-corrected chi connectivity index (χ2v) is 5.42. The van der Waals surface area contributed by atoms with Crippen molar-refractivity contribution in [2.24, 2.45) is 0 Å². The number of amides is 1. The summed E-state index contributed by atoms with van der Waals surface area (Å²) in [7, 11) is 1.51. The Morgan fingerprint density at radius 2 is 2.21 bits per heavy atom. The van der Waals surface area contributed by atoms with Gasteiger partial charge < -0.3 is 14.7 Å². The molecule has 0 aromatic heterocycles. The van der Waals surface area contributed by atoms with Crippen molar-refractivity contribution in [3.63, 3.8) is 0 Å². The van der Waals surface area contributed by atoms with E-state index in [0.717, 1.165) is 6.42 Å². The number of ether oxygens (including phenoxy) is 1. The number of methoxy groups -OCH3 is 1. The van der Waals surface area contributed by atoms with Crippen LogP contribution in [0.2, 0.25) is 5.02 Å². The first-order valence-corrected chi connectivity index (χ1v) is 6.72. The smallest absolute Gasteiger partial charge is 0.257 e. The summed E-state index contributed by atoms with van der Waals surface area (Å²) in [6.07, 6.45) is 1.62. The highest BCUT2D eigenvalue weighted by molar-refractivity contribution is 6.30. The summed E-state index contributed by atoms with van der Waals surface area (Å²) >= 11 is 5.87. The van der Waals surface area contributed by atoms with Crippen LogP contribution in [0.25, 0.3) is 0 Å². The largest absolute Gasteiger partial charge is 0.496 e. The molecular formula is C14H18ClNO3. The van der Waals surface area contributed by atoms with Crippen molar-refractivity contribution < 1.29 is 14.6 Å². The topological polar surface area (TPSA) is 49.8 Å². The summed E-state index contributed by atoms with van der Waals surface area (Å²) < 4.78 is 5.17. The quantitative estimate of drug-likeness (QED) is 0.923. The zero-order chi connectivity index (χ0) is 14.0. The lowest BCUT2D eigenvalue weighted by molar-refractivity contribution is -0.0860. The molecule has 0 saturated carbocycles. The molecule has 0 radical (unpaired) electrons. The maximum absolute atomic E-state index is 12.3. The normalized spacial score (nSPS) is 16.9. The van der Waals surface area contributed by atoms with E-state index in [4.69, 9.17) is 16.3 Å². The van der Waals surface area contributed by atoms with Crippen molar-refractivity contribution in [2.45, 2.75) is 25.4 Å². The van der Waals surface area contributed by atoms with E-state index in [1.807, 2.05) is 6.92 Å². The molecule has 0 atom stereocenters. The van der Waals surface area contributed by atoms with Crippen molar-refractivity contribution >= 4 is 17.5 Å². The fourth-order valence-electron chi connectivity index (χ4n) is 2.44. The standard InChI is InChI=1S/C14H18ClNO3/c1-3-6-14(18)8-16(9-14)13(17)11-5-4-10(15)7-12(11)19-2/h4-5,7,18H,3,6,8-9H2,1-2H3. The van der Waals surface area contributed by atoms with E-state index in [9.17, 15) is 9.90 Å². The van der Waals surface area contributed by atoms with Crippen molar-refractivity contribution in [3.05, 3.63) is 28.8 Å². The van der Waals surface area contributed by atoms with Gasteiger partial charge in [0.1, 0.15) is 5.75 Å². The van der Waals surface area contributed by atoms with Crippen LogP contribution in [0.3, 0.4) is 0 Å². The lowest BCUT2D eigenvalue weighted by atomic mass is 9.88. The van der Waals surface area contributed by atoms with Crippen molar-refractivity contribution in [1.82, 2.24) is 4.90 Å². The van der Waals surface area contributed by atoms with Crippen LogP contribution in [-0.2, 0) is 0 Å². The number of carbonyl (C=O) groups excluding carboxylic acids is 1. The van der Waals surface area contributed by atoms with Gasteiger partial charge in [-0.25, -0.2) is 0 Å². The molecule has 4 nitrogen and oxygen atoms in total. The molecule has 0 spiro atoms. The SMILES string of the molecule is CCCC1(O)CN(C(=O)c2ccc(Cl)cc2OC)C1. The number of nitrogens with zero attached hydrogens (tertiary/aromatic N) is 1. The number of rotatable bonds is 4. The number of aliphatic hydroxyl groups is 1. The van der Waals surface area contributed by atoms with Gasteiger partial charge in [-0.3, -0.25) is 4.79 Å². The van der Waals surface area contributed by atoms with E-state index in [2.05, 4.69) is 0 Å². The molecule has 1 fully saturated rings. The average Bonchev–Trinajstić information content (AvgIpc) is 2.35. The maximum atomic E-state index is 12.3. The van der Waals surface area contributed by atoms with E-state index >= 15 is 0 Å². The van der Waals surface area contributed by atoms with Crippen molar-refractivity contribution in [3.8, 4) is 5.75 Å². The second kappa shape index (κ2) is 5.39. The fraction of sp³-hybridized carbons (Fsp3) is 0.500. The number of β-amino-alcohol motifs (C(OH)–C–C–N with tert-alkyl or cyclic N) is 1. The first-order chi connectivity index (χ1) is 8.99. The number of hydrogen-bond donors (Lipinski definition) is 1. The van der Waals surface area contributed by atoms with Crippen LogP contribution in [0.15, 0.2) is 18.2 Å². The monoisotopic (exact) mass is 283 g/mol. The molecule has 1 aromatic rings. The Hall–Kier alpha value is -1.26. The maximum Gasteiger partial charge on any atom is 0.257 e. The van der Waals surface area contributed by atoms with Crippen LogP contribution in [0.1, 0.15) is 30.1 Å². The van der Waals surface area contributed by atoms with Gasteiger partial charge in [-0.05, 0) is 24.6 Å². The summed E-state index contributed by atoms with van der Waals surface area (Å²) in [5, 5.41) is 10.6. The zero-order valence-electron chi connectivity index (χ0n) is 11.1. The molecule has 2 rings (SSSR count). The fourth-order valence-corrected chi connectivity index (χ4v) is 2.61. The molecule has 1 aliphatic rings. The van der Waals surface area contributed by atoms with E-state index in [1.54, 1.807) is 23.1 Å². The second-order valence-electron chi connectivity index (χ2n) is 4.98. The first-order valence-electron chi connectivity index (χ1n) is 6.34. The molecule has 104 valence electrons. The number of hydrogen-bond acceptors (Lipinski definition) is 3. The molecule has 1 saturated heterocycles. The van der Waals surface area contributed by atoms with Gasteiger partial charge in [-0.15, -0.1) is 0 Å². The lowest BCUT2D eigenvalue weighted by Gasteiger charge is -2.46. The molecule has 1 heterocycles. The molecule has 1 amide bonds. The summed E-state index contributed by atoms with van der Waals surface area (Å²) in [4.78, 5) is 13.9. The van der Waals surface area contributed by atoms with Crippen LogP contribution in [0, 0.1) is 0 Å². The highest BCUT2D eigenvalue weighted by Gasteiger charge is 2.43. The van der Waals surface area contributed by atoms with Gasteiger partial charge in [0.2, 0.25) is 0 Å². The Morgan fingerprint density at radius 1 is 1.53 bits per heavy atom. The van der Waals surface area contributed by atoms with E-state index in [0.29, 0.717) is 35.8 Å². The van der Waals surface area contributed by atoms with Crippen LogP contribution < -0.4 is 4.74 Å². The number of carbonyl (C=O) groups is 1. The van der Waals surface area contributed by atoms with Crippen LogP contribution in [-0.4, -0.2) is 41.7 Å². The minimum Gasteiger partial charge on any atom is -0.496 e. The van der Waals surface area contributed by atoms with Crippen molar-refractivity contribution in [1.29, 1.82) is 0 Å². The molecule has 1 aliphatic heterocycles. The molecule has 5 heteroatoms. The zero-order valence-corrected chi connectivity index (χ0v) is 11.9. The van der Waals surface area contributed by atoms with Crippen LogP contribution >= 0.6 is 11.6 Å². The Labute approximate surface area is 117 Å². The molecule has 0 unspecified atom stereocenters. The van der Waals surface area contributed by atoms with Gasteiger partial charge in [-0.2, -0.15) is 0 Å². The third kappa shape index (κ3) is 2.85. The van der Waals surface area contributed by atoms with Gasteiger partial charge in [0.05, 0.1) is 31.4 Å². The Kier molecular flexibility index (Phi) is 4.02. The third-order valence-electron chi connectivity index (χ3n) is 3.37. The molecule has 0 bridgehead atoms. The van der Waals surface area contributed by atoms with Gasteiger partial charge in [0.25, 0.3) is 5.91 Å². The number of likely N-dealkylation sites (tertiary alicyclic amines) is 1. The van der Waals surface area contributed by atoms with Crippen LogP contribution in [0.5, 0.6) is 5.75 Å². The van der Waals surface area contributed by atoms with Gasteiger partial charge in [0, 0.05) is 5.02 Å². The highest BCUT2D eigenvalue weighted by Crippen LogP contribution is 2.30. The predicted octanol–water partition coefficient (Wildman–Crippen LogP) is 2.34. The molecule has 0 aliphatic carbocycles. The Bertz CT molecular complexity index is 484. The van der Waals surface area contributed by atoms with E-state index < -0.39 is 5.60 Å². The van der Waals surface area contributed by atoms with Gasteiger partial charge >= 0.3 is 0 Å². The Morgan fingerprint density at radius 3 is 2.79 bits per heavy atom. The van der Waals surface area contributed by atoms with Crippen LogP contribution in [0.4, 0.5) is 0 Å². The summed E-state index contributed by atoms with van der Waals surface area (Å²) in [6, 6.07) is 4.93. The molecular weight excluding hydrogens is 266 g/mol. The first kappa shape index (κ1) is 14.2. The van der Waals surface area contributed by atoms with Crippen molar-refractivity contribution in [2.75, 3.05) is 20.2 Å². The van der Waals surface area contributed by atoms with E-state index in [-0.39, 0.29) is 5.91 Å². The minimum absolute atomic E-state index is 0.130. The molecule has 19 heavy (non-hydrogen) atoms. The number of benzene rings is 1. The number of halogens is 1. The molecule has 1 aromatic carbocycles. The Balaban J connectivity index is 2.10. The highest BCUT2D eigenvalue weighted by atomic mass is 35.5.